The number of carboxylic acid groups (broad SMARTS) is 1. The summed E-state index contributed by atoms with van der Waals surface area (Å²) in [5, 5.41) is 11.6. The zero-order valence-corrected chi connectivity index (χ0v) is 12.9. The van der Waals surface area contributed by atoms with E-state index in [9.17, 15) is 22.8 Å². The molecule has 1 heterocycles. The Bertz CT molecular complexity index is 641. The summed E-state index contributed by atoms with van der Waals surface area (Å²) < 4.78 is 42.6. The molecule has 1 saturated heterocycles. The van der Waals surface area contributed by atoms with Crippen molar-refractivity contribution in [3.63, 3.8) is 0 Å². The fraction of sp³-hybridized carbons (Fsp3) is 0.467. The van der Waals surface area contributed by atoms with Crippen molar-refractivity contribution in [3.8, 4) is 5.75 Å². The van der Waals surface area contributed by atoms with Crippen LogP contribution in [0.4, 0.5) is 23.7 Å². The molecule has 6 nitrogen and oxygen atoms in total. The summed E-state index contributed by atoms with van der Waals surface area (Å²) in [6.07, 6.45) is -2.44. The number of alkyl halides is 2. The summed E-state index contributed by atoms with van der Waals surface area (Å²) in [5.74, 6) is -1.92. The predicted octanol–water partition coefficient (Wildman–Crippen LogP) is 2.80. The number of hydrogen-bond acceptors (Lipinski definition) is 3. The highest BCUT2D eigenvalue weighted by molar-refractivity contribution is 5.92. The lowest BCUT2D eigenvalue weighted by molar-refractivity contribution is -0.146. The Balaban J connectivity index is 2.08. The first-order valence-electron chi connectivity index (χ1n) is 7.21. The molecule has 0 aromatic heterocycles. The van der Waals surface area contributed by atoms with Crippen molar-refractivity contribution in [2.24, 2.45) is 5.41 Å². The molecule has 9 heteroatoms. The summed E-state index contributed by atoms with van der Waals surface area (Å²) in [6, 6.07) is 2.54. The van der Waals surface area contributed by atoms with E-state index in [1.807, 2.05) is 0 Å². The Morgan fingerprint density at radius 2 is 2.17 bits per heavy atom. The molecule has 0 radical (unpaired) electrons. The van der Waals surface area contributed by atoms with E-state index in [2.05, 4.69) is 5.32 Å². The zero-order chi connectivity index (χ0) is 17.9. The number of ether oxygens (including phenoxy) is 1. The van der Waals surface area contributed by atoms with Crippen molar-refractivity contribution in [2.45, 2.75) is 19.8 Å². The average Bonchev–Trinajstić information content (AvgIpc) is 2.91. The van der Waals surface area contributed by atoms with Gasteiger partial charge in [0.15, 0.2) is 0 Å². The van der Waals surface area contributed by atoms with Crippen LogP contribution in [-0.2, 0) is 4.79 Å². The van der Waals surface area contributed by atoms with Gasteiger partial charge < -0.3 is 20.1 Å². The molecule has 1 atom stereocenters. The van der Waals surface area contributed by atoms with Gasteiger partial charge in [0.25, 0.3) is 6.43 Å². The van der Waals surface area contributed by atoms with Gasteiger partial charge in [-0.1, -0.05) is 0 Å². The van der Waals surface area contributed by atoms with Gasteiger partial charge in [-0.2, -0.15) is 0 Å². The molecule has 0 bridgehead atoms. The van der Waals surface area contributed by atoms with Crippen LogP contribution in [0.5, 0.6) is 5.75 Å². The van der Waals surface area contributed by atoms with Crippen LogP contribution < -0.4 is 10.1 Å². The normalized spacial score (nSPS) is 20.3. The molecule has 1 unspecified atom stereocenters. The summed E-state index contributed by atoms with van der Waals surface area (Å²) in [7, 11) is 0. The Labute approximate surface area is 136 Å². The van der Waals surface area contributed by atoms with Gasteiger partial charge in [0, 0.05) is 19.2 Å². The van der Waals surface area contributed by atoms with Gasteiger partial charge in [-0.25, -0.2) is 18.0 Å². The Hall–Kier alpha value is -2.45. The van der Waals surface area contributed by atoms with E-state index in [0.29, 0.717) is 6.42 Å². The third-order valence-electron chi connectivity index (χ3n) is 3.83. The number of rotatable bonds is 5. The predicted molar refractivity (Wildman–Crippen MR) is 78.9 cm³/mol. The van der Waals surface area contributed by atoms with Gasteiger partial charge in [0.1, 0.15) is 18.2 Å². The number of benzene rings is 1. The van der Waals surface area contributed by atoms with Crippen LogP contribution in [0.1, 0.15) is 13.3 Å². The number of nitrogens with zero attached hydrogens (tertiary/aromatic N) is 1. The lowest BCUT2D eigenvalue weighted by Gasteiger charge is -2.21. The van der Waals surface area contributed by atoms with Gasteiger partial charge in [-0.05, 0) is 25.5 Å². The number of nitrogens with one attached hydrogen (secondary N) is 1. The molecule has 2 rings (SSSR count). The van der Waals surface area contributed by atoms with Gasteiger partial charge in [-0.3, -0.25) is 4.79 Å². The molecule has 0 aliphatic carbocycles. The molecule has 1 aromatic carbocycles. The van der Waals surface area contributed by atoms with Gasteiger partial charge in [0.2, 0.25) is 0 Å². The lowest BCUT2D eigenvalue weighted by Crippen LogP contribution is -2.37. The van der Waals surface area contributed by atoms with Crippen LogP contribution >= 0.6 is 0 Å². The van der Waals surface area contributed by atoms with Crippen molar-refractivity contribution in [2.75, 3.05) is 25.0 Å². The molecule has 0 spiro atoms. The second-order valence-electron chi connectivity index (χ2n) is 5.81. The molecule has 2 N–H and O–H groups in total. The monoisotopic (exact) mass is 346 g/mol. The number of likely N-dealkylation sites (tertiary alicyclic amines) is 1. The fourth-order valence-corrected chi connectivity index (χ4v) is 2.37. The Morgan fingerprint density at radius 1 is 1.46 bits per heavy atom. The molecular weight excluding hydrogens is 329 g/mol. The van der Waals surface area contributed by atoms with Gasteiger partial charge in [0.05, 0.1) is 11.1 Å². The largest absolute Gasteiger partial charge is 0.485 e. The number of carbonyl (C=O) groups excluding carboxylic acids is 1. The summed E-state index contributed by atoms with van der Waals surface area (Å²) in [5.41, 5.74) is -0.999. The van der Waals surface area contributed by atoms with E-state index in [-0.39, 0.29) is 24.5 Å². The maximum atomic E-state index is 13.2. The quantitative estimate of drug-likeness (QED) is 0.859. The molecule has 1 aromatic rings. The topological polar surface area (TPSA) is 78.9 Å². The zero-order valence-electron chi connectivity index (χ0n) is 12.9. The number of carbonyl (C=O) groups is 2. The van der Waals surface area contributed by atoms with E-state index in [1.54, 1.807) is 0 Å². The summed E-state index contributed by atoms with van der Waals surface area (Å²) >= 11 is 0. The van der Waals surface area contributed by atoms with Crippen molar-refractivity contribution in [1.82, 2.24) is 4.90 Å². The molecule has 1 fully saturated rings. The van der Waals surface area contributed by atoms with E-state index in [4.69, 9.17) is 9.84 Å². The molecule has 1 aliphatic heterocycles. The van der Waals surface area contributed by atoms with Crippen molar-refractivity contribution >= 4 is 17.7 Å². The van der Waals surface area contributed by atoms with Gasteiger partial charge >= 0.3 is 12.0 Å². The molecule has 1 aliphatic rings. The molecule has 24 heavy (non-hydrogen) atoms. The first kappa shape index (κ1) is 17.9. The maximum Gasteiger partial charge on any atom is 0.321 e. The minimum absolute atomic E-state index is 0.0165. The standard InChI is InChI=1S/C15H17F3N2O4/c1-15(13(21)22)4-5-20(8-15)14(23)19-10-3-2-9(16)6-11(10)24-7-12(17)18/h2-3,6,12H,4-5,7-8H2,1H3,(H,19,23)(H,21,22). The summed E-state index contributed by atoms with van der Waals surface area (Å²) in [4.78, 5) is 24.7. The number of amides is 2. The second-order valence-corrected chi connectivity index (χ2v) is 5.81. The van der Waals surface area contributed by atoms with E-state index < -0.39 is 36.3 Å². The smallest absolute Gasteiger partial charge is 0.321 e. The number of urea groups is 1. The van der Waals surface area contributed by atoms with E-state index in [1.165, 1.54) is 17.9 Å². The number of anilines is 1. The number of carboxylic acids is 1. The van der Waals surface area contributed by atoms with Crippen LogP contribution in [0.2, 0.25) is 0 Å². The minimum Gasteiger partial charge on any atom is -0.485 e. The number of halogens is 3. The third-order valence-corrected chi connectivity index (χ3v) is 3.83. The third kappa shape index (κ3) is 4.09. The highest BCUT2D eigenvalue weighted by atomic mass is 19.3. The maximum absolute atomic E-state index is 13.2. The Morgan fingerprint density at radius 3 is 2.75 bits per heavy atom. The summed E-state index contributed by atoms with van der Waals surface area (Å²) in [6.45, 7) is 0.858. The molecule has 132 valence electrons. The van der Waals surface area contributed by atoms with Crippen LogP contribution in [0.3, 0.4) is 0 Å². The number of hydrogen-bond donors (Lipinski definition) is 2. The molecular formula is C15H17F3N2O4. The highest BCUT2D eigenvalue weighted by Gasteiger charge is 2.42. The highest BCUT2D eigenvalue weighted by Crippen LogP contribution is 2.31. The van der Waals surface area contributed by atoms with Crippen LogP contribution in [0.15, 0.2) is 18.2 Å². The first-order valence-corrected chi connectivity index (χ1v) is 7.21. The van der Waals surface area contributed by atoms with Gasteiger partial charge in [-0.15, -0.1) is 0 Å². The lowest BCUT2D eigenvalue weighted by atomic mass is 9.90. The first-order chi connectivity index (χ1) is 11.2. The van der Waals surface area contributed by atoms with Crippen molar-refractivity contribution in [1.29, 1.82) is 0 Å². The number of aliphatic carboxylic acids is 1. The van der Waals surface area contributed by atoms with E-state index >= 15 is 0 Å². The van der Waals surface area contributed by atoms with E-state index in [0.717, 1.165) is 12.1 Å². The fourth-order valence-electron chi connectivity index (χ4n) is 2.37. The Kier molecular flexibility index (Phi) is 5.20. The van der Waals surface area contributed by atoms with Crippen molar-refractivity contribution < 1.29 is 32.6 Å². The van der Waals surface area contributed by atoms with Crippen LogP contribution in [0.25, 0.3) is 0 Å². The SMILES string of the molecule is CC1(C(=O)O)CCN(C(=O)Nc2ccc(F)cc2OCC(F)F)C1. The van der Waals surface area contributed by atoms with Crippen LogP contribution in [0, 0.1) is 11.2 Å². The van der Waals surface area contributed by atoms with Crippen LogP contribution in [-0.4, -0.2) is 48.1 Å². The second kappa shape index (κ2) is 6.98. The van der Waals surface area contributed by atoms with Crippen molar-refractivity contribution in [3.05, 3.63) is 24.0 Å². The molecule has 0 saturated carbocycles. The minimum atomic E-state index is -2.74. The molecule has 2 amide bonds. The average molecular weight is 346 g/mol.